The molecule has 0 saturated heterocycles. The first kappa shape index (κ1) is 16.0. The van der Waals surface area contributed by atoms with E-state index in [-0.39, 0.29) is 6.04 Å². The van der Waals surface area contributed by atoms with E-state index >= 15 is 0 Å². The molecule has 1 aliphatic rings. The molecule has 0 aliphatic carbocycles. The van der Waals surface area contributed by atoms with Gasteiger partial charge in [-0.05, 0) is 49.1 Å². The molecule has 0 saturated carbocycles. The standard InChI is InChI=1S/C16H23NO3S/c1-3-9-17-16(14-7-5-10-20-12-14)13-6-4-8-15(11-13)21(2,18)19/h4,6,8,11-12,16-17H,3,5,7,9-10H2,1-2H3. The Morgan fingerprint density at radius 1 is 1.38 bits per heavy atom. The summed E-state index contributed by atoms with van der Waals surface area (Å²) in [5, 5.41) is 3.49. The van der Waals surface area contributed by atoms with Gasteiger partial charge in [-0.25, -0.2) is 8.42 Å². The van der Waals surface area contributed by atoms with Crippen LogP contribution in [0.2, 0.25) is 0 Å². The average molecular weight is 309 g/mol. The zero-order chi connectivity index (χ0) is 15.3. The zero-order valence-electron chi connectivity index (χ0n) is 12.6. The van der Waals surface area contributed by atoms with Crippen LogP contribution >= 0.6 is 0 Å². The molecule has 0 spiro atoms. The van der Waals surface area contributed by atoms with Crippen LogP contribution in [0.4, 0.5) is 0 Å². The molecule has 0 radical (unpaired) electrons. The second-order valence-corrected chi connectivity index (χ2v) is 7.41. The van der Waals surface area contributed by atoms with Gasteiger partial charge in [0.15, 0.2) is 9.84 Å². The van der Waals surface area contributed by atoms with Gasteiger partial charge in [0.1, 0.15) is 0 Å². The molecule has 1 aromatic carbocycles. The highest BCUT2D eigenvalue weighted by Gasteiger charge is 2.20. The van der Waals surface area contributed by atoms with Crippen LogP contribution in [0, 0.1) is 0 Å². The van der Waals surface area contributed by atoms with E-state index in [9.17, 15) is 8.42 Å². The van der Waals surface area contributed by atoms with Crippen molar-refractivity contribution >= 4 is 9.84 Å². The second kappa shape index (κ2) is 7.09. The summed E-state index contributed by atoms with van der Waals surface area (Å²) in [5.41, 5.74) is 2.16. The van der Waals surface area contributed by atoms with Crippen LogP contribution < -0.4 is 5.32 Å². The maximum Gasteiger partial charge on any atom is 0.175 e. The molecular weight excluding hydrogens is 286 g/mol. The van der Waals surface area contributed by atoms with E-state index in [1.807, 2.05) is 12.3 Å². The molecule has 1 heterocycles. The predicted molar refractivity (Wildman–Crippen MR) is 83.9 cm³/mol. The summed E-state index contributed by atoms with van der Waals surface area (Å²) in [7, 11) is -3.19. The van der Waals surface area contributed by atoms with Crippen molar-refractivity contribution in [1.82, 2.24) is 5.32 Å². The predicted octanol–water partition coefficient (Wildman–Crippen LogP) is 2.83. The largest absolute Gasteiger partial charge is 0.501 e. The van der Waals surface area contributed by atoms with E-state index in [2.05, 4.69) is 12.2 Å². The van der Waals surface area contributed by atoms with Crippen molar-refractivity contribution < 1.29 is 13.2 Å². The molecule has 1 aliphatic heterocycles. The summed E-state index contributed by atoms with van der Waals surface area (Å²) in [6.07, 6.45) is 6.07. The van der Waals surface area contributed by atoms with Crippen molar-refractivity contribution in [3.63, 3.8) is 0 Å². The lowest BCUT2D eigenvalue weighted by Gasteiger charge is -2.25. The van der Waals surface area contributed by atoms with E-state index in [1.54, 1.807) is 18.2 Å². The molecule has 4 nitrogen and oxygen atoms in total. The molecule has 5 heteroatoms. The molecule has 21 heavy (non-hydrogen) atoms. The van der Waals surface area contributed by atoms with Crippen molar-refractivity contribution in [3.05, 3.63) is 41.7 Å². The monoisotopic (exact) mass is 309 g/mol. The summed E-state index contributed by atoms with van der Waals surface area (Å²) in [5.74, 6) is 0. The third-order valence-electron chi connectivity index (χ3n) is 3.55. The highest BCUT2D eigenvalue weighted by atomic mass is 32.2. The molecule has 0 aromatic heterocycles. The Hall–Kier alpha value is -1.33. The van der Waals surface area contributed by atoms with Gasteiger partial charge in [-0.1, -0.05) is 19.1 Å². The first-order valence-corrected chi connectivity index (χ1v) is 9.25. The molecule has 0 bridgehead atoms. The number of hydrogen-bond donors (Lipinski definition) is 1. The highest BCUT2D eigenvalue weighted by Crippen LogP contribution is 2.29. The van der Waals surface area contributed by atoms with Crippen LogP contribution in [0.3, 0.4) is 0 Å². The second-order valence-electron chi connectivity index (χ2n) is 5.40. The smallest absolute Gasteiger partial charge is 0.175 e. The topological polar surface area (TPSA) is 55.4 Å². The Balaban J connectivity index is 2.34. The minimum absolute atomic E-state index is 0.0203. The number of ether oxygens (including phenoxy) is 1. The molecule has 1 aromatic rings. The van der Waals surface area contributed by atoms with Crippen molar-refractivity contribution in [3.8, 4) is 0 Å². The summed E-state index contributed by atoms with van der Waals surface area (Å²) < 4.78 is 28.9. The van der Waals surface area contributed by atoms with Crippen LogP contribution in [0.25, 0.3) is 0 Å². The molecule has 116 valence electrons. The maximum atomic E-state index is 11.7. The number of nitrogens with one attached hydrogen (secondary N) is 1. The molecule has 0 amide bonds. The minimum atomic E-state index is -3.19. The summed E-state index contributed by atoms with van der Waals surface area (Å²) >= 11 is 0. The van der Waals surface area contributed by atoms with Gasteiger partial charge in [0.2, 0.25) is 0 Å². The Kier molecular flexibility index (Phi) is 5.42. The SMILES string of the molecule is CCCNC(C1=COCCC1)c1cccc(S(C)(=O)=O)c1. The van der Waals surface area contributed by atoms with Crippen LogP contribution in [0.5, 0.6) is 0 Å². The molecule has 0 fully saturated rings. The lowest BCUT2D eigenvalue weighted by Crippen LogP contribution is -2.25. The fraction of sp³-hybridized carbons (Fsp3) is 0.500. The van der Waals surface area contributed by atoms with E-state index in [1.165, 1.54) is 11.8 Å². The zero-order valence-corrected chi connectivity index (χ0v) is 13.4. The quantitative estimate of drug-likeness (QED) is 0.878. The van der Waals surface area contributed by atoms with Gasteiger partial charge in [0, 0.05) is 6.26 Å². The normalized spacial score (nSPS) is 17.0. The fourth-order valence-electron chi connectivity index (χ4n) is 2.47. The Labute approximate surface area is 127 Å². The number of rotatable bonds is 6. The summed E-state index contributed by atoms with van der Waals surface area (Å²) in [6.45, 7) is 3.75. The number of benzene rings is 1. The van der Waals surface area contributed by atoms with E-state index in [4.69, 9.17) is 4.74 Å². The van der Waals surface area contributed by atoms with Gasteiger partial charge in [-0.2, -0.15) is 0 Å². The Bertz CT molecular complexity index is 608. The molecule has 1 unspecified atom stereocenters. The summed E-state index contributed by atoms with van der Waals surface area (Å²) in [4.78, 5) is 0.362. The van der Waals surface area contributed by atoms with Crippen LogP contribution in [-0.2, 0) is 14.6 Å². The minimum Gasteiger partial charge on any atom is -0.501 e. The molecule has 1 N–H and O–H groups in total. The molecule has 2 rings (SSSR count). The van der Waals surface area contributed by atoms with E-state index in [0.29, 0.717) is 4.90 Å². The lowest BCUT2D eigenvalue weighted by atomic mass is 9.95. The Morgan fingerprint density at radius 3 is 2.81 bits per heavy atom. The van der Waals surface area contributed by atoms with Gasteiger partial charge < -0.3 is 10.1 Å². The van der Waals surface area contributed by atoms with Crippen LogP contribution in [-0.4, -0.2) is 27.8 Å². The van der Waals surface area contributed by atoms with Crippen molar-refractivity contribution in [2.45, 2.75) is 37.1 Å². The maximum absolute atomic E-state index is 11.7. The third-order valence-corrected chi connectivity index (χ3v) is 4.66. The fourth-order valence-corrected chi connectivity index (χ4v) is 3.15. The van der Waals surface area contributed by atoms with Crippen molar-refractivity contribution in [2.24, 2.45) is 0 Å². The van der Waals surface area contributed by atoms with Gasteiger partial charge in [-0.3, -0.25) is 0 Å². The van der Waals surface area contributed by atoms with E-state index < -0.39 is 9.84 Å². The van der Waals surface area contributed by atoms with Gasteiger partial charge >= 0.3 is 0 Å². The van der Waals surface area contributed by atoms with Crippen LogP contribution in [0.1, 0.15) is 37.8 Å². The number of hydrogen-bond acceptors (Lipinski definition) is 4. The van der Waals surface area contributed by atoms with Gasteiger partial charge in [0.05, 0.1) is 23.8 Å². The molecule has 1 atom stereocenters. The summed E-state index contributed by atoms with van der Waals surface area (Å²) in [6, 6.07) is 7.19. The first-order chi connectivity index (χ1) is 10.0. The lowest BCUT2D eigenvalue weighted by molar-refractivity contribution is 0.219. The van der Waals surface area contributed by atoms with Gasteiger partial charge in [0.25, 0.3) is 0 Å². The molecular formula is C16H23NO3S. The average Bonchev–Trinajstić information content (AvgIpc) is 2.48. The van der Waals surface area contributed by atoms with Gasteiger partial charge in [-0.15, -0.1) is 0 Å². The number of sulfone groups is 1. The highest BCUT2D eigenvalue weighted by molar-refractivity contribution is 7.90. The van der Waals surface area contributed by atoms with Crippen molar-refractivity contribution in [1.29, 1.82) is 0 Å². The van der Waals surface area contributed by atoms with Crippen LogP contribution in [0.15, 0.2) is 41.0 Å². The van der Waals surface area contributed by atoms with Crippen molar-refractivity contribution in [2.75, 3.05) is 19.4 Å². The van der Waals surface area contributed by atoms with E-state index in [0.717, 1.165) is 38.0 Å². The third kappa shape index (κ3) is 4.32. The first-order valence-electron chi connectivity index (χ1n) is 7.36. The Morgan fingerprint density at radius 2 is 2.19 bits per heavy atom.